The van der Waals surface area contributed by atoms with E-state index in [0.717, 1.165) is 51.3 Å². The molecule has 2 heterocycles. The van der Waals surface area contributed by atoms with Gasteiger partial charge in [0, 0.05) is 32.6 Å². The number of likely N-dealkylation sites (N-methyl/N-ethyl adjacent to an activating group) is 1. The van der Waals surface area contributed by atoms with E-state index in [0.29, 0.717) is 11.3 Å². The molecule has 1 aliphatic heterocycles. The van der Waals surface area contributed by atoms with Crippen molar-refractivity contribution < 1.29 is 9.32 Å². The molecule has 0 radical (unpaired) electrons. The van der Waals surface area contributed by atoms with Crippen LogP contribution in [0.3, 0.4) is 0 Å². The third-order valence-corrected chi connectivity index (χ3v) is 3.73. The lowest BCUT2D eigenvalue weighted by Gasteiger charge is -2.34. The van der Waals surface area contributed by atoms with Gasteiger partial charge in [0.1, 0.15) is 11.3 Å². The monoisotopic (exact) mass is 265 g/mol. The molecule has 0 spiro atoms. The Kier molecular flexibility index (Phi) is 4.58. The lowest BCUT2D eigenvalue weighted by Crippen LogP contribution is -2.48. The number of hydrogen-bond acceptors (Lipinski definition) is 4. The van der Waals surface area contributed by atoms with E-state index in [4.69, 9.17) is 4.52 Å². The van der Waals surface area contributed by atoms with Crippen LogP contribution < -0.4 is 0 Å². The van der Waals surface area contributed by atoms with E-state index in [1.807, 2.05) is 11.8 Å². The molecular formula is C14H23N3O2. The second-order valence-electron chi connectivity index (χ2n) is 5.04. The van der Waals surface area contributed by atoms with Gasteiger partial charge in [-0.25, -0.2) is 0 Å². The molecule has 1 aromatic rings. The summed E-state index contributed by atoms with van der Waals surface area (Å²) in [5.41, 5.74) is 1.40. The summed E-state index contributed by atoms with van der Waals surface area (Å²) in [5.74, 6) is 0.820. The SMILES string of the molecule is CCCc1onc(C)c1C(=O)N1CCN(CC)CC1. The van der Waals surface area contributed by atoms with Crippen LogP contribution in [-0.4, -0.2) is 53.6 Å². The van der Waals surface area contributed by atoms with E-state index in [1.54, 1.807) is 0 Å². The summed E-state index contributed by atoms with van der Waals surface area (Å²) in [4.78, 5) is 16.9. The number of aryl methyl sites for hydroxylation is 2. The highest BCUT2D eigenvalue weighted by atomic mass is 16.5. The van der Waals surface area contributed by atoms with Gasteiger partial charge >= 0.3 is 0 Å². The molecule has 19 heavy (non-hydrogen) atoms. The smallest absolute Gasteiger partial charge is 0.259 e. The van der Waals surface area contributed by atoms with Crippen LogP contribution in [0, 0.1) is 6.92 Å². The van der Waals surface area contributed by atoms with Crippen molar-refractivity contribution in [3.8, 4) is 0 Å². The Balaban J connectivity index is 2.09. The predicted molar refractivity (Wildman–Crippen MR) is 73.3 cm³/mol. The maximum absolute atomic E-state index is 12.6. The summed E-state index contributed by atoms with van der Waals surface area (Å²) in [6.45, 7) is 10.6. The van der Waals surface area contributed by atoms with Crippen LogP contribution in [0.25, 0.3) is 0 Å². The summed E-state index contributed by atoms with van der Waals surface area (Å²) in [7, 11) is 0. The number of rotatable bonds is 4. The number of nitrogens with zero attached hydrogens (tertiary/aromatic N) is 3. The number of carbonyl (C=O) groups excluding carboxylic acids is 1. The van der Waals surface area contributed by atoms with E-state index in [9.17, 15) is 4.79 Å². The third kappa shape index (κ3) is 2.97. The van der Waals surface area contributed by atoms with Crippen molar-refractivity contribution in [2.45, 2.75) is 33.6 Å². The molecule has 1 aromatic heterocycles. The summed E-state index contributed by atoms with van der Waals surface area (Å²) in [6.07, 6.45) is 1.73. The van der Waals surface area contributed by atoms with Crippen molar-refractivity contribution in [3.63, 3.8) is 0 Å². The number of aromatic nitrogens is 1. The van der Waals surface area contributed by atoms with E-state index >= 15 is 0 Å². The molecule has 0 atom stereocenters. The van der Waals surface area contributed by atoms with Crippen molar-refractivity contribution in [2.24, 2.45) is 0 Å². The number of hydrogen-bond donors (Lipinski definition) is 0. The van der Waals surface area contributed by atoms with E-state index in [1.165, 1.54) is 0 Å². The second kappa shape index (κ2) is 6.19. The van der Waals surface area contributed by atoms with Gasteiger partial charge < -0.3 is 14.3 Å². The van der Waals surface area contributed by atoms with Gasteiger partial charge in [0.15, 0.2) is 0 Å². The molecule has 1 amide bonds. The average molecular weight is 265 g/mol. The lowest BCUT2D eigenvalue weighted by atomic mass is 10.1. The van der Waals surface area contributed by atoms with Gasteiger partial charge in [0.2, 0.25) is 0 Å². The van der Waals surface area contributed by atoms with Gasteiger partial charge in [-0.3, -0.25) is 4.79 Å². The van der Waals surface area contributed by atoms with Crippen LogP contribution in [0.15, 0.2) is 4.52 Å². The molecule has 0 unspecified atom stereocenters. The number of piperazine rings is 1. The molecule has 0 saturated carbocycles. The van der Waals surface area contributed by atoms with Gasteiger partial charge in [-0.2, -0.15) is 0 Å². The van der Waals surface area contributed by atoms with Crippen molar-refractivity contribution in [1.82, 2.24) is 15.0 Å². The maximum Gasteiger partial charge on any atom is 0.259 e. The van der Waals surface area contributed by atoms with Crippen LogP contribution in [0.2, 0.25) is 0 Å². The van der Waals surface area contributed by atoms with Crippen LogP contribution in [0.5, 0.6) is 0 Å². The molecule has 0 aromatic carbocycles. The molecule has 5 heteroatoms. The fraction of sp³-hybridized carbons (Fsp3) is 0.714. The van der Waals surface area contributed by atoms with Crippen LogP contribution in [0.4, 0.5) is 0 Å². The highest BCUT2D eigenvalue weighted by Crippen LogP contribution is 2.18. The highest BCUT2D eigenvalue weighted by Gasteiger charge is 2.27. The number of amides is 1. The molecule has 0 aliphatic carbocycles. The molecule has 0 N–H and O–H groups in total. The quantitative estimate of drug-likeness (QED) is 0.831. The first-order chi connectivity index (χ1) is 9.17. The largest absolute Gasteiger partial charge is 0.360 e. The van der Waals surface area contributed by atoms with Crippen LogP contribution in [0.1, 0.15) is 42.1 Å². The minimum Gasteiger partial charge on any atom is -0.360 e. The minimum atomic E-state index is 0.0814. The zero-order valence-corrected chi connectivity index (χ0v) is 12.1. The summed E-state index contributed by atoms with van der Waals surface area (Å²) in [6, 6.07) is 0. The molecule has 0 bridgehead atoms. The Labute approximate surface area is 114 Å². The first-order valence-electron chi connectivity index (χ1n) is 7.14. The Morgan fingerprint density at radius 3 is 2.53 bits per heavy atom. The first-order valence-corrected chi connectivity index (χ1v) is 7.14. The first kappa shape index (κ1) is 14.1. The Morgan fingerprint density at radius 2 is 1.95 bits per heavy atom. The molecule has 1 saturated heterocycles. The second-order valence-corrected chi connectivity index (χ2v) is 5.04. The fourth-order valence-electron chi connectivity index (χ4n) is 2.51. The Hall–Kier alpha value is -1.36. The molecule has 5 nitrogen and oxygen atoms in total. The highest BCUT2D eigenvalue weighted by molar-refractivity contribution is 5.96. The standard InChI is InChI=1S/C14H23N3O2/c1-4-6-12-13(11(3)15-19-12)14(18)17-9-7-16(5-2)8-10-17/h4-10H2,1-3H3. The van der Waals surface area contributed by atoms with Crippen molar-refractivity contribution >= 4 is 5.91 Å². The Morgan fingerprint density at radius 1 is 1.26 bits per heavy atom. The van der Waals surface area contributed by atoms with Crippen molar-refractivity contribution in [2.75, 3.05) is 32.7 Å². The van der Waals surface area contributed by atoms with E-state index < -0.39 is 0 Å². The molecule has 1 fully saturated rings. The summed E-state index contributed by atoms with van der Waals surface area (Å²) in [5, 5.41) is 3.95. The maximum atomic E-state index is 12.6. The van der Waals surface area contributed by atoms with Crippen LogP contribution in [-0.2, 0) is 6.42 Å². The topological polar surface area (TPSA) is 49.6 Å². The molecule has 1 aliphatic rings. The van der Waals surface area contributed by atoms with Gasteiger partial charge in [0.25, 0.3) is 5.91 Å². The normalized spacial score (nSPS) is 16.9. The van der Waals surface area contributed by atoms with E-state index in [-0.39, 0.29) is 5.91 Å². The van der Waals surface area contributed by atoms with Crippen molar-refractivity contribution in [3.05, 3.63) is 17.0 Å². The van der Waals surface area contributed by atoms with E-state index in [2.05, 4.69) is 23.9 Å². The van der Waals surface area contributed by atoms with Gasteiger partial charge in [0.05, 0.1) is 5.69 Å². The molecule has 106 valence electrons. The minimum absolute atomic E-state index is 0.0814. The summed E-state index contributed by atoms with van der Waals surface area (Å²) < 4.78 is 5.28. The lowest BCUT2D eigenvalue weighted by molar-refractivity contribution is 0.0640. The van der Waals surface area contributed by atoms with Crippen LogP contribution >= 0.6 is 0 Å². The zero-order valence-electron chi connectivity index (χ0n) is 12.1. The third-order valence-electron chi connectivity index (χ3n) is 3.73. The van der Waals surface area contributed by atoms with Gasteiger partial charge in [-0.05, 0) is 19.9 Å². The molecular weight excluding hydrogens is 242 g/mol. The number of carbonyl (C=O) groups is 1. The zero-order chi connectivity index (χ0) is 13.8. The average Bonchev–Trinajstić information content (AvgIpc) is 2.80. The molecule has 2 rings (SSSR count). The van der Waals surface area contributed by atoms with Gasteiger partial charge in [-0.15, -0.1) is 0 Å². The van der Waals surface area contributed by atoms with Gasteiger partial charge in [-0.1, -0.05) is 19.0 Å². The predicted octanol–water partition coefficient (Wildman–Crippen LogP) is 1.71. The van der Waals surface area contributed by atoms with Crippen molar-refractivity contribution in [1.29, 1.82) is 0 Å². The summed E-state index contributed by atoms with van der Waals surface area (Å²) >= 11 is 0. The fourth-order valence-corrected chi connectivity index (χ4v) is 2.51. The Bertz CT molecular complexity index is 434.